The summed E-state index contributed by atoms with van der Waals surface area (Å²) < 4.78 is 42.3. The predicted octanol–water partition coefficient (Wildman–Crippen LogP) is 5.31. The number of aryl methyl sites for hydroxylation is 1. The molecule has 30 heavy (non-hydrogen) atoms. The van der Waals surface area contributed by atoms with E-state index in [1.807, 2.05) is 51.1 Å². The summed E-state index contributed by atoms with van der Waals surface area (Å²) in [6.07, 6.45) is -1.97. The van der Waals surface area contributed by atoms with Crippen molar-refractivity contribution in [2.24, 2.45) is 22.4 Å². The highest BCUT2D eigenvalue weighted by atomic mass is 19.4. The van der Waals surface area contributed by atoms with E-state index in [4.69, 9.17) is 0 Å². The number of halogens is 3. The lowest BCUT2D eigenvalue weighted by atomic mass is 9.64. The van der Waals surface area contributed by atoms with Crippen LogP contribution in [0.3, 0.4) is 0 Å². The van der Waals surface area contributed by atoms with Crippen LogP contribution in [0.4, 0.5) is 13.2 Å². The Balaban J connectivity index is 1.77. The number of aliphatic hydroxyl groups is 1. The number of carbonyl (C=O) groups excluding carboxylic acids is 1. The van der Waals surface area contributed by atoms with Crippen LogP contribution in [-0.4, -0.2) is 33.6 Å². The van der Waals surface area contributed by atoms with Crippen molar-refractivity contribution in [3.63, 3.8) is 0 Å². The van der Waals surface area contributed by atoms with Crippen molar-refractivity contribution in [1.82, 2.24) is 5.01 Å². The summed E-state index contributed by atoms with van der Waals surface area (Å²) in [4.78, 5) is 12.7. The molecule has 7 heteroatoms. The zero-order valence-electron chi connectivity index (χ0n) is 17.9. The number of hydrogen-bond acceptors (Lipinski definition) is 3. The third kappa shape index (κ3) is 4.13. The molecule has 0 radical (unpaired) electrons. The first kappa shape index (κ1) is 22.8. The first-order valence-electron chi connectivity index (χ1n) is 10.7. The minimum Gasteiger partial charge on any atom is -0.362 e. The molecule has 1 amide bonds. The monoisotopic (exact) mass is 424 g/mol. The molecule has 1 aliphatic carbocycles. The topological polar surface area (TPSA) is 52.9 Å². The van der Waals surface area contributed by atoms with Gasteiger partial charge in [-0.1, -0.05) is 57.5 Å². The van der Waals surface area contributed by atoms with E-state index in [0.29, 0.717) is 30.0 Å². The zero-order chi connectivity index (χ0) is 22.2. The second-order valence-corrected chi connectivity index (χ2v) is 9.23. The molecule has 4 nitrogen and oxygen atoms in total. The molecule has 1 saturated carbocycles. The van der Waals surface area contributed by atoms with Crippen LogP contribution >= 0.6 is 0 Å². The molecule has 0 spiro atoms. The smallest absolute Gasteiger partial charge is 0.362 e. The van der Waals surface area contributed by atoms with Crippen molar-refractivity contribution < 1.29 is 23.1 Å². The molecule has 2 aliphatic rings. The van der Waals surface area contributed by atoms with Crippen LogP contribution in [0.5, 0.6) is 0 Å². The predicted molar refractivity (Wildman–Crippen MR) is 110 cm³/mol. The van der Waals surface area contributed by atoms with E-state index in [-0.39, 0.29) is 24.2 Å². The summed E-state index contributed by atoms with van der Waals surface area (Å²) in [6, 6.07) is 9.47. The van der Waals surface area contributed by atoms with E-state index in [1.165, 1.54) is 0 Å². The first-order valence-corrected chi connectivity index (χ1v) is 10.7. The van der Waals surface area contributed by atoms with Gasteiger partial charge in [-0.05, 0) is 49.0 Å². The van der Waals surface area contributed by atoms with Gasteiger partial charge >= 0.3 is 6.18 Å². The maximum absolute atomic E-state index is 14.1. The SMILES string of the molecule is CCC(C)(C)[C@@H]1CCC2=NN(C(=O)CCCc3ccccc3)[C@@](O)(C(F)(F)F)[C@@H]2C1. The molecule has 1 fully saturated rings. The molecule has 0 unspecified atom stereocenters. The quantitative estimate of drug-likeness (QED) is 0.673. The number of amides is 1. The van der Waals surface area contributed by atoms with E-state index in [2.05, 4.69) is 5.10 Å². The summed E-state index contributed by atoms with van der Waals surface area (Å²) in [7, 11) is 0. The second-order valence-electron chi connectivity index (χ2n) is 9.23. The second kappa shape index (κ2) is 8.33. The highest BCUT2D eigenvalue weighted by Gasteiger charge is 2.69. The number of hydrazone groups is 1. The number of benzene rings is 1. The standard InChI is InChI=1S/C23H31F3N2O2/c1-4-21(2,3)17-13-14-19-18(15-17)22(30,23(24,25)26)28(27-19)20(29)12-8-11-16-9-6-5-7-10-16/h5-7,9-10,17-18,30H,4,8,11-15H2,1-3H3/t17-,18-,22+/m1/s1. The van der Waals surface area contributed by atoms with Gasteiger partial charge in [-0.25, -0.2) is 0 Å². The van der Waals surface area contributed by atoms with E-state index in [1.54, 1.807) is 0 Å². The average Bonchev–Trinajstić information content (AvgIpc) is 3.02. The Bertz CT molecular complexity index is 791. The Kier molecular flexibility index (Phi) is 6.33. The van der Waals surface area contributed by atoms with Crippen molar-refractivity contribution in [1.29, 1.82) is 0 Å². The molecule has 1 heterocycles. The fourth-order valence-corrected chi connectivity index (χ4v) is 4.66. The van der Waals surface area contributed by atoms with Crippen LogP contribution in [0.1, 0.15) is 64.9 Å². The van der Waals surface area contributed by atoms with Gasteiger partial charge in [0.15, 0.2) is 0 Å². The number of hydrogen-bond donors (Lipinski definition) is 1. The van der Waals surface area contributed by atoms with Crippen molar-refractivity contribution in [3.05, 3.63) is 35.9 Å². The third-order valence-electron chi connectivity index (χ3n) is 7.08. The summed E-state index contributed by atoms with van der Waals surface area (Å²) in [5, 5.41) is 15.3. The largest absolute Gasteiger partial charge is 0.439 e. The van der Waals surface area contributed by atoms with E-state index < -0.39 is 23.7 Å². The van der Waals surface area contributed by atoms with Gasteiger partial charge < -0.3 is 5.11 Å². The molecule has 1 N–H and O–H groups in total. The van der Waals surface area contributed by atoms with Crippen LogP contribution in [0.2, 0.25) is 0 Å². The summed E-state index contributed by atoms with van der Waals surface area (Å²) in [6.45, 7) is 6.12. The number of alkyl halides is 3. The molecular weight excluding hydrogens is 393 g/mol. The fourth-order valence-electron chi connectivity index (χ4n) is 4.66. The van der Waals surface area contributed by atoms with Gasteiger partial charge in [0.25, 0.3) is 5.72 Å². The van der Waals surface area contributed by atoms with Crippen LogP contribution in [0.25, 0.3) is 0 Å². The Labute approximate surface area is 176 Å². The maximum atomic E-state index is 14.1. The van der Waals surface area contributed by atoms with Crippen molar-refractivity contribution in [2.45, 2.75) is 77.6 Å². The van der Waals surface area contributed by atoms with E-state index in [0.717, 1.165) is 18.4 Å². The Morgan fingerprint density at radius 3 is 2.53 bits per heavy atom. The Hall–Kier alpha value is -1.89. The van der Waals surface area contributed by atoms with Gasteiger partial charge in [-0.2, -0.15) is 23.3 Å². The highest BCUT2D eigenvalue weighted by Crippen LogP contribution is 2.52. The molecule has 3 atom stereocenters. The third-order valence-corrected chi connectivity index (χ3v) is 7.08. The van der Waals surface area contributed by atoms with Crippen LogP contribution in [0, 0.1) is 17.3 Å². The van der Waals surface area contributed by atoms with Crippen LogP contribution in [-0.2, 0) is 11.2 Å². The summed E-state index contributed by atoms with van der Waals surface area (Å²) in [5.41, 5.74) is -2.07. The Morgan fingerprint density at radius 2 is 1.93 bits per heavy atom. The first-order chi connectivity index (χ1) is 14.0. The fraction of sp³-hybridized carbons (Fsp3) is 0.652. The van der Waals surface area contributed by atoms with E-state index in [9.17, 15) is 23.1 Å². The lowest BCUT2D eigenvalue weighted by Crippen LogP contribution is -2.62. The van der Waals surface area contributed by atoms with Crippen molar-refractivity contribution in [3.8, 4) is 0 Å². The van der Waals surface area contributed by atoms with Gasteiger partial charge in [-0.3, -0.25) is 4.79 Å². The molecule has 1 aliphatic heterocycles. The van der Waals surface area contributed by atoms with Gasteiger partial charge in [0.05, 0.1) is 5.92 Å². The van der Waals surface area contributed by atoms with Gasteiger partial charge in [0.2, 0.25) is 5.91 Å². The van der Waals surface area contributed by atoms with Gasteiger partial charge in [-0.15, -0.1) is 0 Å². The minimum atomic E-state index is -4.98. The molecule has 1 aromatic carbocycles. The van der Waals surface area contributed by atoms with Gasteiger partial charge in [0.1, 0.15) is 0 Å². The molecule has 0 aromatic heterocycles. The van der Waals surface area contributed by atoms with Gasteiger partial charge in [0, 0.05) is 12.1 Å². The zero-order valence-corrected chi connectivity index (χ0v) is 17.9. The van der Waals surface area contributed by atoms with Crippen LogP contribution < -0.4 is 0 Å². The normalized spacial score (nSPS) is 27.0. The maximum Gasteiger partial charge on any atom is 0.439 e. The lowest BCUT2D eigenvalue weighted by molar-refractivity contribution is -0.318. The molecule has 0 saturated heterocycles. The number of nitrogens with zero attached hydrogens (tertiary/aromatic N) is 2. The van der Waals surface area contributed by atoms with E-state index >= 15 is 0 Å². The highest BCUT2D eigenvalue weighted by molar-refractivity contribution is 5.93. The van der Waals surface area contributed by atoms with Crippen LogP contribution in [0.15, 0.2) is 35.4 Å². The lowest BCUT2D eigenvalue weighted by Gasteiger charge is -2.43. The molecular formula is C23H31F3N2O2. The van der Waals surface area contributed by atoms with Crippen molar-refractivity contribution >= 4 is 11.6 Å². The Morgan fingerprint density at radius 1 is 1.27 bits per heavy atom. The number of fused-ring (bicyclic) bond motifs is 1. The molecule has 0 bridgehead atoms. The minimum absolute atomic E-state index is 0.0356. The molecule has 166 valence electrons. The van der Waals surface area contributed by atoms with Crippen molar-refractivity contribution in [2.75, 3.05) is 0 Å². The summed E-state index contributed by atoms with van der Waals surface area (Å²) in [5.74, 6) is -1.94. The molecule has 3 rings (SSSR count). The number of carbonyl (C=O) groups is 1. The number of rotatable bonds is 6. The molecule has 1 aromatic rings. The summed E-state index contributed by atoms with van der Waals surface area (Å²) >= 11 is 0. The average molecular weight is 425 g/mol.